The molecule has 0 aliphatic rings. The molecular formula is C15H23F2NO. The zero-order valence-electron chi connectivity index (χ0n) is 11.8. The number of halogens is 2. The van der Waals surface area contributed by atoms with Gasteiger partial charge in [0.1, 0.15) is 6.61 Å². The van der Waals surface area contributed by atoms with Gasteiger partial charge in [0.05, 0.1) is 6.61 Å². The fourth-order valence-electron chi connectivity index (χ4n) is 1.74. The quantitative estimate of drug-likeness (QED) is 0.780. The van der Waals surface area contributed by atoms with Crippen molar-refractivity contribution in [2.24, 2.45) is 0 Å². The van der Waals surface area contributed by atoms with E-state index < -0.39 is 13.0 Å². The maximum absolute atomic E-state index is 11.9. The van der Waals surface area contributed by atoms with Crippen LogP contribution in [0.4, 0.5) is 8.78 Å². The van der Waals surface area contributed by atoms with Crippen LogP contribution < -0.4 is 5.32 Å². The van der Waals surface area contributed by atoms with E-state index in [0.717, 1.165) is 12.1 Å². The molecule has 0 aromatic heterocycles. The van der Waals surface area contributed by atoms with Gasteiger partial charge in [-0.3, -0.25) is 0 Å². The van der Waals surface area contributed by atoms with Crippen molar-refractivity contribution in [3.63, 3.8) is 0 Å². The fraction of sp³-hybridized carbons (Fsp3) is 0.600. The highest BCUT2D eigenvalue weighted by Gasteiger charge is 2.06. The standard InChI is InChI=1S/C15H23F2NO/c1-11(2)18-8-12(3)14-6-4-13(5-7-14)9-19-10-15(16)17/h4-7,11-12,15,18H,8-10H2,1-3H3. The minimum atomic E-state index is -2.40. The van der Waals surface area contributed by atoms with Gasteiger partial charge in [-0.15, -0.1) is 0 Å². The van der Waals surface area contributed by atoms with Crippen molar-refractivity contribution in [3.05, 3.63) is 35.4 Å². The van der Waals surface area contributed by atoms with Gasteiger partial charge in [-0.2, -0.15) is 0 Å². The normalized spacial score (nSPS) is 13.2. The van der Waals surface area contributed by atoms with Gasteiger partial charge < -0.3 is 10.1 Å². The Bertz CT molecular complexity index is 352. The average Bonchev–Trinajstić information content (AvgIpc) is 2.36. The molecule has 1 aromatic carbocycles. The molecule has 2 nitrogen and oxygen atoms in total. The molecule has 0 spiro atoms. The summed E-state index contributed by atoms with van der Waals surface area (Å²) < 4.78 is 28.7. The predicted molar refractivity (Wildman–Crippen MR) is 73.7 cm³/mol. The highest BCUT2D eigenvalue weighted by molar-refractivity contribution is 5.24. The first kappa shape index (κ1) is 16.1. The monoisotopic (exact) mass is 271 g/mol. The maximum atomic E-state index is 11.9. The third-order valence-corrected chi connectivity index (χ3v) is 2.89. The Balaban J connectivity index is 2.42. The van der Waals surface area contributed by atoms with E-state index in [1.165, 1.54) is 5.56 Å². The summed E-state index contributed by atoms with van der Waals surface area (Å²) >= 11 is 0. The minimum absolute atomic E-state index is 0.239. The van der Waals surface area contributed by atoms with E-state index in [1.54, 1.807) is 0 Å². The van der Waals surface area contributed by atoms with Gasteiger partial charge in [0, 0.05) is 12.6 Å². The topological polar surface area (TPSA) is 21.3 Å². The molecule has 0 fully saturated rings. The minimum Gasteiger partial charge on any atom is -0.371 e. The molecule has 1 N–H and O–H groups in total. The highest BCUT2D eigenvalue weighted by Crippen LogP contribution is 2.16. The first-order chi connectivity index (χ1) is 8.99. The molecule has 0 aliphatic carbocycles. The number of ether oxygens (including phenoxy) is 1. The second kappa shape index (κ2) is 8.23. The van der Waals surface area contributed by atoms with Crippen LogP contribution in [-0.2, 0) is 11.3 Å². The van der Waals surface area contributed by atoms with Gasteiger partial charge in [-0.1, -0.05) is 45.0 Å². The zero-order chi connectivity index (χ0) is 14.3. The molecule has 0 amide bonds. The number of alkyl halides is 2. The van der Waals surface area contributed by atoms with E-state index in [0.29, 0.717) is 12.0 Å². The van der Waals surface area contributed by atoms with Crippen LogP contribution in [0.1, 0.15) is 37.8 Å². The third kappa shape index (κ3) is 6.64. The molecule has 0 heterocycles. The molecule has 4 heteroatoms. The van der Waals surface area contributed by atoms with Gasteiger partial charge in [0.2, 0.25) is 0 Å². The smallest absolute Gasteiger partial charge is 0.261 e. The molecule has 0 radical (unpaired) electrons. The first-order valence-electron chi connectivity index (χ1n) is 6.67. The largest absolute Gasteiger partial charge is 0.371 e. The van der Waals surface area contributed by atoms with E-state index >= 15 is 0 Å². The van der Waals surface area contributed by atoms with Gasteiger partial charge >= 0.3 is 0 Å². The molecule has 1 rings (SSSR count). The predicted octanol–water partition coefficient (Wildman–Crippen LogP) is 3.57. The lowest BCUT2D eigenvalue weighted by atomic mass is 9.99. The van der Waals surface area contributed by atoms with Crippen LogP contribution in [-0.4, -0.2) is 25.6 Å². The number of hydrogen-bond acceptors (Lipinski definition) is 2. The van der Waals surface area contributed by atoms with Crippen molar-refractivity contribution >= 4 is 0 Å². The van der Waals surface area contributed by atoms with Gasteiger partial charge in [-0.05, 0) is 17.0 Å². The van der Waals surface area contributed by atoms with Crippen molar-refractivity contribution < 1.29 is 13.5 Å². The zero-order valence-corrected chi connectivity index (χ0v) is 11.8. The molecule has 1 atom stereocenters. The van der Waals surface area contributed by atoms with Crippen LogP contribution in [0, 0.1) is 0 Å². The number of benzene rings is 1. The summed E-state index contributed by atoms with van der Waals surface area (Å²) in [6.45, 7) is 7.07. The van der Waals surface area contributed by atoms with Crippen molar-refractivity contribution in [2.75, 3.05) is 13.2 Å². The lowest BCUT2D eigenvalue weighted by Crippen LogP contribution is -2.26. The van der Waals surface area contributed by atoms with Crippen LogP contribution in [0.3, 0.4) is 0 Å². The summed E-state index contributed by atoms with van der Waals surface area (Å²) in [7, 11) is 0. The number of nitrogens with one attached hydrogen (secondary N) is 1. The lowest BCUT2D eigenvalue weighted by molar-refractivity contribution is 0.00987. The molecule has 1 aromatic rings. The summed E-state index contributed by atoms with van der Waals surface area (Å²) in [5.74, 6) is 0.429. The summed E-state index contributed by atoms with van der Waals surface area (Å²) in [6, 6.07) is 8.42. The Morgan fingerprint density at radius 1 is 1.11 bits per heavy atom. The lowest BCUT2D eigenvalue weighted by Gasteiger charge is -2.15. The second-order valence-electron chi connectivity index (χ2n) is 5.11. The first-order valence-corrected chi connectivity index (χ1v) is 6.67. The van der Waals surface area contributed by atoms with E-state index in [-0.39, 0.29) is 6.61 Å². The second-order valence-corrected chi connectivity index (χ2v) is 5.11. The summed E-state index contributed by atoms with van der Waals surface area (Å²) in [4.78, 5) is 0. The fourth-order valence-corrected chi connectivity index (χ4v) is 1.74. The molecular weight excluding hydrogens is 248 g/mol. The SMILES string of the molecule is CC(C)NCC(C)c1ccc(COCC(F)F)cc1. The molecule has 19 heavy (non-hydrogen) atoms. The molecule has 0 saturated heterocycles. The Morgan fingerprint density at radius 2 is 1.74 bits per heavy atom. The molecule has 1 unspecified atom stereocenters. The van der Waals surface area contributed by atoms with Crippen LogP contribution in [0.2, 0.25) is 0 Å². The summed E-state index contributed by atoms with van der Waals surface area (Å²) in [5, 5.41) is 3.40. The van der Waals surface area contributed by atoms with Crippen molar-refractivity contribution in [1.82, 2.24) is 5.32 Å². The van der Waals surface area contributed by atoms with Gasteiger partial charge in [0.15, 0.2) is 0 Å². The average molecular weight is 271 g/mol. The molecule has 0 bridgehead atoms. The Kier molecular flexibility index (Phi) is 6.95. The van der Waals surface area contributed by atoms with Crippen LogP contribution >= 0.6 is 0 Å². The third-order valence-electron chi connectivity index (χ3n) is 2.89. The van der Waals surface area contributed by atoms with Crippen molar-refractivity contribution in [3.8, 4) is 0 Å². The van der Waals surface area contributed by atoms with E-state index in [1.807, 2.05) is 24.3 Å². The summed E-state index contributed by atoms with van der Waals surface area (Å²) in [6.07, 6.45) is -2.40. The Morgan fingerprint density at radius 3 is 2.26 bits per heavy atom. The van der Waals surface area contributed by atoms with Gasteiger partial charge in [-0.25, -0.2) is 8.78 Å². The molecule has 0 saturated carbocycles. The van der Waals surface area contributed by atoms with E-state index in [2.05, 4.69) is 26.1 Å². The van der Waals surface area contributed by atoms with E-state index in [9.17, 15) is 8.78 Å². The number of hydrogen-bond donors (Lipinski definition) is 1. The maximum Gasteiger partial charge on any atom is 0.261 e. The summed E-state index contributed by atoms with van der Waals surface area (Å²) in [5.41, 5.74) is 2.17. The van der Waals surface area contributed by atoms with Crippen LogP contribution in [0.15, 0.2) is 24.3 Å². The van der Waals surface area contributed by atoms with Crippen LogP contribution in [0.25, 0.3) is 0 Å². The van der Waals surface area contributed by atoms with Crippen LogP contribution in [0.5, 0.6) is 0 Å². The highest BCUT2D eigenvalue weighted by atomic mass is 19.3. The number of rotatable bonds is 8. The molecule has 108 valence electrons. The van der Waals surface area contributed by atoms with Crippen molar-refractivity contribution in [2.45, 2.75) is 45.8 Å². The van der Waals surface area contributed by atoms with Crippen molar-refractivity contribution in [1.29, 1.82) is 0 Å². The molecule has 0 aliphatic heterocycles. The van der Waals surface area contributed by atoms with Gasteiger partial charge in [0.25, 0.3) is 6.43 Å². The van der Waals surface area contributed by atoms with E-state index in [4.69, 9.17) is 4.74 Å². The Hall–Kier alpha value is -1.00. The Labute approximate surface area is 114 Å².